The fourth-order valence-corrected chi connectivity index (χ4v) is 1.94. The second-order valence-corrected chi connectivity index (χ2v) is 5.85. The van der Waals surface area contributed by atoms with E-state index in [1.807, 2.05) is 0 Å². The molecule has 0 aromatic carbocycles. The van der Waals surface area contributed by atoms with Crippen molar-refractivity contribution in [2.45, 2.75) is 53.9 Å². The minimum absolute atomic E-state index is 0.194. The lowest BCUT2D eigenvalue weighted by molar-refractivity contribution is 0.295. The highest BCUT2D eigenvalue weighted by Gasteiger charge is 2.12. The van der Waals surface area contributed by atoms with Gasteiger partial charge in [-0.05, 0) is 51.2 Å². The van der Waals surface area contributed by atoms with Gasteiger partial charge >= 0.3 is 0 Å². The molecule has 112 valence electrons. The monoisotopic (exact) mass is 266 g/mol. The molecule has 0 spiro atoms. The number of hydrogen-bond acceptors (Lipinski definition) is 2. The predicted octanol–water partition coefficient (Wildman–Crippen LogP) is 3.85. The molecule has 0 aliphatic carbocycles. The SMILES string of the molecule is CCCC=C=CC(C)(C)CNCCCN(CC)CC. The summed E-state index contributed by atoms with van der Waals surface area (Å²) in [4.78, 5) is 2.47. The molecule has 0 rings (SSSR count). The van der Waals surface area contributed by atoms with Crippen LogP contribution in [0.3, 0.4) is 0 Å². The second kappa shape index (κ2) is 11.3. The summed E-state index contributed by atoms with van der Waals surface area (Å²) in [5, 5.41) is 3.56. The van der Waals surface area contributed by atoms with Gasteiger partial charge in [0.2, 0.25) is 0 Å². The average molecular weight is 266 g/mol. The van der Waals surface area contributed by atoms with E-state index in [1.165, 1.54) is 19.4 Å². The fraction of sp³-hybridized carbons (Fsp3) is 0.824. The van der Waals surface area contributed by atoms with Crippen molar-refractivity contribution < 1.29 is 0 Å². The van der Waals surface area contributed by atoms with Gasteiger partial charge in [-0.25, -0.2) is 0 Å². The first-order chi connectivity index (χ1) is 9.05. The van der Waals surface area contributed by atoms with Gasteiger partial charge in [0.1, 0.15) is 0 Å². The number of rotatable bonds is 11. The van der Waals surface area contributed by atoms with E-state index >= 15 is 0 Å². The molecular formula is C17H34N2. The number of nitrogens with zero attached hydrogens (tertiary/aromatic N) is 1. The Balaban J connectivity index is 3.77. The number of hydrogen-bond donors (Lipinski definition) is 1. The van der Waals surface area contributed by atoms with Crippen LogP contribution in [0.2, 0.25) is 0 Å². The molecular weight excluding hydrogens is 232 g/mol. The summed E-state index contributed by atoms with van der Waals surface area (Å²) in [5.41, 5.74) is 3.50. The van der Waals surface area contributed by atoms with Crippen LogP contribution in [0.4, 0.5) is 0 Å². The van der Waals surface area contributed by atoms with Gasteiger partial charge in [-0.15, -0.1) is 5.73 Å². The maximum atomic E-state index is 3.56. The molecule has 2 heteroatoms. The molecule has 0 fully saturated rings. The van der Waals surface area contributed by atoms with E-state index in [1.54, 1.807) is 0 Å². The van der Waals surface area contributed by atoms with Crippen molar-refractivity contribution in [3.63, 3.8) is 0 Å². The van der Waals surface area contributed by atoms with Gasteiger partial charge in [0.05, 0.1) is 0 Å². The molecule has 0 amide bonds. The van der Waals surface area contributed by atoms with Crippen LogP contribution in [0.15, 0.2) is 17.9 Å². The van der Waals surface area contributed by atoms with Crippen LogP contribution in [0, 0.1) is 5.41 Å². The summed E-state index contributed by atoms with van der Waals surface area (Å²) in [7, 11) is 0. The zero-order valence-corrected chi connectivity index (χ0v) is 13.8. The normalized spacial score (nSPS) is 11.5. The molecule has 0 bridgehead atoms. The maximum Gasteiger partial charge on any atom is 0.00433 e. The summed E-state index contributed by atoms with van der Waals surface area (Å²) in [5.74, 6) is 0. The molecule has 19 heavy (non-hydrogen) atoms. The summed E-state index contributed by atoms with van der Waals surface area (Å²) in [6.07, 6.45) is 7.89. The molecule has 0 aliphatic heterocycles. The third kappa shape index (κ3) is 11.0. The average Bonchev–Trinajstić information content (AvgIpc) is 2.39. The Hall–Kier alpha value is -0.560. The molecule has 0 aliphatic rings. The van der Waals surface area contributed by atoms with Gasteiger partial charge in [-0.3, -0.25) is 0 Å². The van der Waals surface area contributed by atoms with Crippen LogP contribution in [0.1, 0.15) is 53.9 Å². The van der Waals surface area contributed by atoms with E-state index in [0.29, 0.717) is 0 Å². The summed E-state index contributed by atoms with van der Waals surface area (Å²) in [6, 6.07) is 0. The highest BCUT2D eigenvalue weighted by Crippen LogP contribution is 2.14. The van der Waals surface area contributed by atoms with Gasteiger partial charge < -0.3 is 10.2 Å². The fourth-order valence-electron chi connectivity index (χ4n) is 1.94. The number of unbranched alkanes of at least 4 members (excludes halogenated alkanes) is 1. The third-order valence-electron chi connectivity index (χ3n) is 3.33. The van der Waals surface area contributed by atoms with Crippen molar-refractivity contribution in [2.24, 2.45) is 5.41 Å². The van der Waals surface area contributed by atoms with E-state index in [9.17, 15) is 0 Å². The molecule has 0 aromatic rings. The minimum atomic E-state index is 0.194. The van der Waals surface area contributed by atoms with Crippen molar-refractivity contribution >= 4 is 0 Å². The standard InChI is InChI=1S/C17H34N2/c1-6-9-10-11-13-17(4,5)16-18-14-12-15-19(7-2)8-3/h10,13,18H,6-9,12,14-16H2,1-5H3. The van der Waals surface area contributed by atoms with Gasteiger partial charge in [0.15, 0.2) is 0 Å². The molecule has 0 heterocycles. The van der Waals surface area contributed by atoms with Crippen molar-refractivity contribution in [1.29, 1.82) is 0 Å². The van der Waals surface area contributed by atoms with Crippen LogP contribution in [-0.4, -0.2) is 37.6 Å². The minimum Gasteiger partial charge on any atom is -0.316 e. The zero-order chi connectivity index (χ0) is 14.6. The van der Waals surface area contributed by atoms with Crippen molar-refractivity contribution in [3.8, 4) is 0 Å². The first-order valence-electron chi connectivity index (χ1n) is 7.90. The first-order valence-corrected chi connectivity index (χ1v) is 7.90. The second-order valence-electron chi connectivity index (χ2n) is 5.85. The Morgan fingerprint density at radius 2 is 1.84 bits per heavy atom. The highest BCUT2D eigenvalue weighted by molar-refractivity contribution is 4.96. The van der Waals surface area contributed by atoms with Crippen LogP contribution >= 0.6 is 0 Å². The topological polar surface area (TPSA) is 15.3 Å². The molecule has 0 unspecified atom stereocenters. The quantitative estimate of drug-likeness (QED) is 0.451. The van der Waals surface area contributed by atoms with Crippen LogP contribution in [0.25, 0.3) is 0 Å². The smallest absolute Gasteiger partial charge is 0.00433 e. The Morgan fingerprint density at radius 3 is 2.42 bits per heavy atom. The Kier molecular flexibility index (Phi) is 10.9. The molecule has 0 radical (unpaired) electrons. The third-order valence-corrected chi connectivity index (χ3v) is 3.33. The van der Waals surface area contributed by atoms with Crippen LogP contribution < -0.4 is 5.32 Å². The molecule has 0 saturated heterocycles. The number of nitrogens with one attached hydrogen (secondary N) is 1. The largest absolute Gasteiger partial charge is 0.316 e. The van der Waals surface area contributed by atoms with Crippen molar-refractivity contribution in [3.05, 3.63) is 17.9 Å². The van der Waals surface area contributed by atoms with E-state index in [4.69, 9.17) is 0 Å². The lowest BCUT2D eigenvalue weighted by Crippen LogP contribution is -2.31. The lowest BCUT2D eigenvalue weighted by Gasteiger charge is -2.21. The van der Waals surface area contributed by atoms with Crippen LogP contribution in [0.5, 0.6) is 0 Å². The Labute approximate surface area is 121 Å². The van der Waals surface area contributed by atoms with E-state index in [0.717, 1.165) is 32.6 Å². The van der Waals surface area contributed by atoms with Gasteiger partial charge in [-0.1, -0.05) is 41.0 Å². The molecule has 0 aromatic heterocycles. The van der Waals surface area contributed by atoms with E-state index in [2.05, 4.69) is 62.7 Å². The van der Waals surface area contributed by atoms with E-state index < -0.39 is 0 Å². The lowest BCUT2D eigenvalue weighted by atomic mass is 9.93. The Morgan fingerprint density at radius 1 is 1.16 bits per heavy atom. The first kappa shape index (κ1) is 18.4. The molecule has 0 atom stereocenters. The summed E-state index contributed by atoms with van der Waals surface area (Å²) < 4.78 is 0. The summed E-state index contributed by atoms with van der Waals surface area (Å²) in [6.45, 7) is 16.8. The maximum absolute atomic E-state index is 3.56. The molecule has 2 nitrogen and oxygen atoms in total. The van der Waals surface area contributed by atoms with E-state index in [-0.39, 0.29) is 5.41 Å². The van der Waals surface area contributed by atoms with Crippen molar-refractivity contribution in [2.75, 3.05) is 32.7 Å². The summed E-state index contributed by atoms with van der Waals surface area (Å²) >= 11 is 0. The van der Waals surface area contributed by atoms with Gasteiger partial charge in [0.25, 0.3) is 0 Å². The molecule has 1 N–H and O–H groups in total. The Bertz CT molecular complexity index is 258. The highest BCUT2D eigenvalue weighted by atomic mass is 15.1. The predicted molar refractivity (Wildman–Crippen MR) is 86.6 cm³/mol. The van der Waals surface area contributed by atoms with Crippen LogP contribution in [-0.2, 0) is 0 Å². The van der Waals surface area contributed by atoms with Gasteiger partial charge in [0, 0.05) is 12.0 Å². The molecule has 0 saturated carbocycles. The van der Waals surface area contributed by atoms with Crippen molar-refractivity contribution in [1.82, 2.24) is 10.2 Å². The van der Waals surface area contributed by atoms with Gasteiger partial charge in [-0.2, -0.15) is 0 Å². The zero-order valence-electron chi connectivity index (χ0n) is 13.8.